The van der Waals surface area contributed by atoms with E-state index in [1.807, 2.05) is 0 Å². The standard InChI is InChI=1S/C11H19NO2/c13-11(14)8-9-4-3-7-12-6-2-1-5-10(9)12/h9-10H,1-8H2,(H,13,14). The Hall–Kier alpha value is -0.570. The third-order valence-corrected chi connectivity index (χ3v) is 3.67. The quantitative estimate of drug-likeness (QED) is 0.733. The van der Waals surface area contributed by atoms with Crippen LogP contribution in [0.25, 0.3) is 0 Å². The van der Waals surface area contributed by atoms with E-state index in [-0.39, 0.29) is 0 Å². The summed E-state index contributed by atoms with van der Waals surface area (Å²) in [7, 11) is 0. The molecule has 2 saturated heterocycles. The number of nitrogens with zero attached hydrogens (tertiary/aromatic N) is 1. The lowest BCUT2D eigenvalue weighted by Gasteiger charge is -2.44. The molecule has 2 unspecified atom stereocenters. The SMILES string of the molecule is O=C(O)CC1CCCN2CCCCC12. The zero-order valence-corrected chi connectivity index (χ0v) is 8.61. The van der Waals surface area contributed by atoms with Crippen LogP contribution in [0.3, 0.4) is 0 Å². The zero-order valence-electron chi connectivity index (χ0n) is 8.61. The van der Waals surface area contributed by atoms with Gasteiger partial charge in [-0.25, -0.2) is 0 Å². The summed E-state index contributed by atoms with van der Waals surface area (Å²) in [4.78, 5) is 13.2. The molecule has 1 N–H and O–H groups in total. The Balaban J connectivity index is 1.97. The molecule has 0 aliphatic carbocycles. The van der Waals surface area contributed by atoms with Gasteiger partial charge < -0.3 is 10.0 Å². The molecule has 2 heterocycles. The second-order valence-corrected chi connectivity index (χ2v) is 4.60. The van der Waals surface area contributed by atoms with E-state index in [0.29, 0.717) is 18.4 Å². The third-order valence-electron chi connectivity index (χ3n) is 3.67. The lowest BCUT2D eigenvalue weighted by atomic mass is 9.82. The van der Waals surface area contributed by atoms with Gasteiger partial charge in [0.1, 0.15) is 0 Å². The molecule has 0 aromatic carbocycles. The maximum absolute atomic E-state index is 10.7. The molecule has 0 bridgehead atoms. The Morgan fingerprint density at radius 3 is 2.79 bits per heavy atom. The van der Waals surface area contributed by atoms with Crippen LogP contribution in [-0.2, 0) is 4.79 Å². The van der Waals surface area contributed by atoms with Crippen LogP contribution in [0.1, 0.15) is 38.5 Å². The van der Waals surface area contributed by atoms with Crippen molar-refractivity contribution in [2.24, 2.45) is 5.92 Å². The van der Waals surface area contributed by atoms with Crippen LogP contribution in [0.15, 0.2) is 0 Å². The van der Waals surface area contributed by atoms with Gasteiger partial charge in [-0.1, -0.05) is 6.42 Å². The van der Waals surface area contributed by atoms with Crippen LogP contribution >= 0.6 is 0 Å². The van der Waals surface area contributed by atoms with Crippen molar-refractivity contribution in [2.45, 2.75) is 44.6 Å². The second kappa shape index (κ2) is 4.30. The van der Waals surface area contributed by atoms with E-state index in [2.05, 4.69) is 4.90 Å². The molecule has 2 fully saturated rings. The van der Waals surface area contributed by atoms with Gasteiger partial charge in [-0.05, 0) is 44.7 Å². The van der Waals surface area contributed by atoms with Gasteiger partial charge in [-0.15, -0.1) is 0 Å². The molecule has 0 aromatic rings. The van der Waals surface area contributed by atoms with E-state index >= 15 is 0 Å². The average molecular weight is 197 g/mol. The molecule has 0 spiro atoms. The van der Waals surface area contributed by atoms with E-state index in [1.54, 1.807) is 0 Å². The number of hydrogen-bond acceptors (Lipinski definition) is 2. The normalized spacial score (nSPS) is 33.7. The largest absolute Gasteiger partial charge is 0.481 e. The number of carboxylic acids is 1. The fourth-order valence-corrected chi connectivity index (χ4v) is 3.04. The highest BCUT2D eigenvalue weighted by Crippen LogP contribution is 2.32. The van der Waals surface area contributed by atoms with Crippen molar-refractivity contribution in [1.82, 2.24) is 4.90 Å². The highest BCUT2D eigenvalue weighted by atomic mass is 16.4. The van der Waals surface area contributed by atoms with Crippen molar-refractivity contribution in [3.05, 3.63) is 0 Å². The lowest BCUT2D eigenvalue weighted by molar-refractivity contribution is -0.139. The minimum absolute atomic E-state index is 0.376. The first-order valence-corrected chi connectivity index (χ1v) is 5.73. The molecule has 2 aliphatic rings. The fraction of sp³-hybridized carbons (Fsp3) is 0.909. The van der Waals surface area contributed by atoms with Gasteiger partial charge in [0, 0.05) is 12.5 Å². The topological polar surface area (TPSA) is 40.5 Å². The zero-order chi connectivity index (χ0) is 9.97. The van der Waals surface area contributed by atoms with Gasteiger partial charge in [0.2, 0.25) is 0 Å². The predicted octanol–water partition coefficient (Wildman–Crippen LogP) is 1.73. The molecule has 0 amide bonds. The second-order valence-electron chi connectivity index (χ2n) is 4.60. The highest BCUT2D eigenvalue weighted by Gasteiger charge is 2.33. The number of hydrogen-bond donors (Lipinski definition) is 1. The van der Waals surface area contributed by atoms with Crippen LogP contribution in [0.2, 0.25) is 0 Å². The summed E-state index contributed by atoms with van der Waals surface area (Å²) in [6.07, 6.45) is 6.49. The first kappa shape index (κ1) is 9.97. The van der Waals surface area contributed by atoms with Crippen molar-refractivity contribution < 1.29 is 9.90 Å². The summed E-state index contributed by atoms with van der Waals surface area (Å²) >= 11 is 0. The Morgan fingerprint density at radius 1 is 1.21 bits per heavy atom. The van der Waals surface area contributed by atoms with Gasteiger partial charge in [0.15, 0.2) is 0 Å². The summed E-state index contributed by atoms with van der Waals surface area (Å²) in [5.74, 6) is -0.205. The lowest BCUT2D eigenvalue weighted by Crippen LogP contribution is -2.48. The number of aliphatic carboxylic acids is 1. The fourth-order valence-electron chi connectivity index (χ4n) is 3.04. The smallest absolute Gasteiger partial charge is 0.303 e. The molecular weight excluding hydrogens is 178 g/mol. The summed E-state index contributed by atoms with van der Waals surface area (Å²) in [6.45, 7) is 2.39. The van der Waals surface area contributed by atoms with Crippen molar-refractivity contribution in [3.63, 3.8) is 0 Å². The Bertz CT molecular complexity index is 215. The van der Waals surface area contributed by atoms with Gasteiger partial charge in [0.05, 0.1) is 0 Å². The van der Waals surface area contributed by atoms with E-state index in [9.17, 15) is 4.79 Å². The van der Waals surface area contributed by atoms with Crippen molar-refractivity contribution in [3.8, 4) is 0 Å². The molecule has 3 nitrogen and oxygen atoms in total. The molecule has 3 heteroatoms. The minimum atomic E-state index is -0.623. The monoisotopic (exact) mass is 197 g/mol. The van der Waals surface area contributed by atoms with Gasteiger partial charge >= 0.3 is 5.97 Å². The first-order valence-electron chi connectivity index (χ1n) is 5.73. The van der Waals surface area contributed by atoms with Crippen molar-refractivity contribution in [2.75, 3.05) is 13.1 Å². The summed E-state index contributed by atoms with van der Waals surface area (Å²) < 4.78 is 0. The van der Waals surface area contributed by atoms with E-state index in [0.717, 1.165) is 6.42 Å². The van der Waals surface area contributed by atoms with E-state index in [4.69, 9.17) is 5.11 Å². The number of carboxylic acid groups (broad SMARTS) is 1. The Labute approximate surface area is 85.1 Å². The van der Waals surface area contributed by atoms with E-state index in [1.165, 1.54) is 38.8 Å². The van der Waals surface area contributed by atoms with Crippen molar-refractivity contribution in [1.29, 1.82) is 0 Å². The minimum Gasteiger partial charge on any atom is -0.481 e. The molecule has 14 heavy (non-hydrogen) atoms. The molecule has 2 atom stereocenters. The highest BCUT2D eigenvalue weighted by molar-refractivity contribution is 5.67. The van der Waals surface area contributed by atoms with Gasteiger partial charge in [-0.2, -0.15) is 0 Å². The molecule has 2 aliphatic heterocycles. The number of rotatable bonds is 2. The number of fused-ring (bicyclic) bond motifs is 1. The Morgan fingerprint density at radius 2 is 2.00 bits per heavy atom. The predicted molar refractivity (Wildman–Crippen MR) is 54.2 cm³/mol. The van der Waals surface area contributed by atoms with Crippen LogP contribution in [0, 0.1) is 5.92 Å². The molecule has 0 saturated carbocycles. The summed E-state index contributed by atoms with van der Waals surface area (Å²) in [5, 5.41) is 8.84. The maximum Gasteiger partial charge on any atom is 0.303 e. The van der Waals surface area contributed by atoms with E-state index < -0.39 is 5.97 Å². The molecule has 0 radical (unpaired) electrons. The van der Waals surface area contributed by atoms with Crippen LogP contribution in [-0.4, -0.2) is 35.1 Å². The summed E-state index contributed by atoms with van der Waals surface area (Å²) in [6, 6.07) is 0.577. The Kier molecular flexibility index (Phi) is 3.06. The van der Waals surface area contributed by atoms with Gasteiger partial charge in [0.25, 0.3) is 0 Å². The average Bonchev–Trinajstić information content (AvgIpc) is 2.18. The maximum atomic E-state index is 10.7. The van der Waals surface area contributed by atoms with Crippen molar-refractivity contribution >= 4 is 5.97 Å². The summed E-state index contributed by atoms with van der Waals surface area (Å²) in [5.41, 5.74) is 0. The third kappa shape index (κ3) is 2.08. The molecule has 0 aromatic heterocycles. The van der Waals surface area contributed by atoms with Crippen LogP contribution in [0.5, 0.6) is 0 Å². The molecule has 2 rings (SSSR count). The van der Waals surface area contributed by atoms with Gasteiger partial charge in [-0.3, -0.25) is 4.79 Å². The molecule has 80 valence electrons. The van der Waals surface area contributed by atoms with Crippen LogP contribution < -0.4 is 0 Å². The first-order chi connectivity index (χ1) is 6.77. The van der Waals surface area contributed by atoms with Crippen LogP contribution in [0.4, 0.5) is 0 Å². The molecular formula is C11H19NO2. The number of piperidine rings is 2. The number of carbonyl (C=O) groups is 1.